The third-order valence-electron chi connectivity index (χ3n) is 3.41. The third-order valence-corrected chi connectivity index (χ3v) is 3.41. The van der Waals surface area contributed by atoms with Gasteiger partial charge in [-0.2, -0.15) is 0 Å². The summed E-state index contributed by atoms with van der Waals surface area (Å²) in [5.41, 5.74) is 1.32. The largest absolute Gasteiger partial charge is 0.334 e. The summed E-state index contributed by atoms with van der Waals surface area (Å²) in [6, 6.07) is 0.461. The van der Waals surface area contributed by atoms with E-state index in [2.05, 4.69) is 42.7 Å². The van der Waals surface area contributed by atoms with E-state index in [9.17, 15) is 0 Å². The Bertz CT molecular complexity index is 317. The Balaban J connectivity index is 2.56. The molecule has 0 aromatic carbocycles. The van der Waals surface area contributed by atoms with Crippen molar-refractivity contribution in [3.8, 4) is 0 Å². The topological polar surface area (TPSA) is 29.9 Å². The lowest BCUT2D eigenvalue weighted by atomic mass is 10.0. The zero-order valence-corrected chi connectivity index (χ0v) is 11.8. The van der Waals surface area contributed by atoms with Gasteiger partial charge in [0.15, 0.2) is 0 Å². The number of imidazole rings is 1. The normalized spacial score (nSPS) is 12.9. The van der Waals surface area contributed by atoms with Crippen LogP contribution in [0.25, 0.3) is 0 Å². The van der Waals surface area contributed by atoms with Crippen LogP contribution >= 0.6 is 0 Å². The number of aryl methyl sites for hydroxylation is 1. The lowest BCUT2D eigenvalue weighted by Gasteiger charge is -2.18. The van der Waals surface area contributed by atoms with Gasteiger partial charge in [-0.15, -0.1) is 0 Å². The van der Waals surface area contributed by atoms with E-state index < -0.39 is 0 Å². The highest BCUT2D eigenvalue weighted by Crippen LogP contribution is 2.20. The van der Waals surface area contributed by atoms with Gasteiger partial charge in [0.25, 0.3) is 0 Å². The first-order valence-electron chi connectivity index (χ1n) is 6.92. The third kappa shape index (κ3) is 4.15. The molecule has 1 N–H and O–H groups in total. The molecule has 17 heavy (non-hydrogen) atoms. The maximum Gasteiger partial charge on any atom is 0.105 e. The fourth-order valence-electron chi connectivity index (χ4n) is 2.22. The van der Waals surface area contributed by atoms with E-state index in [1.165, 1.54) is 37.8 Å². The highest BCUT2D eigenvalue weighted by molar-refractivity contribution is 5.09. The van der Waals surface area contributed by atoms with Crippen LogP contribution in [0.2, 0.25) is 0 Å². The average molecular weight is 237 g/mol. The van der Waals surface area contributed by atoms with E-state index in [-0.39, 0.29) is 0 Å². The van der Waals surface area contributed by atoms with Gasteiger partial charge in [-0.25, -0.2) is 4.98 Å². The van der Waals surface area contributed by atoms with Crippen molar-refractivity contribution in [1.29, 1.82) is 0 Å². The smallest absolute Gasteiger partial charge is 0.105 e. The number of nitrogens with zero attached hydrogens (tertiary/aromatic N) is 2. The number of aromatic nitrogens is 2. The minimum absolute atomic E-state index is 0.461. The first kappa shape index (κ1) is 14.2. The molecule has 1 atom stereocenters. The number of rotatable bonds is 8. The SMILES string of the molecule is CCCCCCC(NCC)c1cnc(C)n1C. The van der Waals surface area contributed by atoms with Crippen LogP contribution < -0.4 is 5.32 Å². The summed E-state index contributed by atoms with van der Waals surface area (Å²) in [6.45, 7) is 7.50. The molecule has 98 valence electrons. The zero-order valence-electron chi connectivity index (χ0n) is 11.8. The molecule has 0 aliphatic heterocycles. The summed E-state index contributed by atoms with van der Waals surface area (Å²) in [4.78, 5) is 4.39. The Labute approximate surface area is 106 Å². The van der Waals surface area contributed by atoms with Crippen LogP contribution in [-0.2, 0) is 7.05 Å². The molecule has 0 bridgehead atoms. The molecule has 0 aliphatic carbocycles. The Morgan fingerprint density at radius 2 is 2.06 bits per heavy atom. The predicted molar refractivity (Wildman–Crippen MR) is 73.1 cm³/mol. The summed E-state index contributed by atoms with van der Waals surface area (Å²) in [6.07, 6.45) is 8.53. The van der Waals surface area contributed by atoms with Gasteiger partial charge in [-0.05, 0) is 19.9 Å². The van der Waals surface area contributed by atoms with Crippen molar-refractivity contribution in [2.24, 2.45) is 7.05 Å². The molecule has 1 heterocycles. The van der Waals surface area contributed by atoms with Crippen LogP contribution in [0.15, 0.2) is 6.20 Å². The van der Waals surface area contributed by atoms with E-state index in [1.54, 1.807) is 0 Å². The summed E-state index contributed by atoms with van der Waals surface area (Å²) in [5, 5.41) is 3.57. The molecule has 0 amide bonds. The maximum absolute atomic E-state index is 4.39. The number of nitrogens with one attached hydrogen (secondary N) is 1. The highest BCUT2D eigenvalue weighted by atomic mass is 15.1. The van der Waals surface area contributed by atoms with Crippen LogP contribution in [0.4, 0.5) is 0 Å². The summed E-state index contributed by atoms with van der Waals surface area (Å²) >= 11 is 0. The maximum atomic E-state index is 4.39. The van der Waals surface area contributed by atoms with Gasteiger partial charge in [0.2, 0.25) is 0 Å². The van der Waals surface area contributed by atoms with Crippen molar-refractivity contribution in [2.75, 3.05) is 6.54 Å². The van der Waals surface area contributed by atoms with E-state index in [0.29, 0.717) is 6.04 Å². The van der Waals surface area contributed by atoms with Gasteiger partial charge in [0, 0.05) is 13.1 Å². The first-order chi connectivity index (χ1) is 8.20. The van der Waals surface area contributed by atoms with Gasteiger partial charge < -0.3 is 9.88 Å². The van der Waals surface area contributed by atoms with Crippen LogP contribution in [0.5, 0.6) is 0 Å². The van der Waals surface area contributed by atoms with Gasteiger partial charge >= 0.3 is 0 Å². The predicted octanol–water partition coefficient (Wildman–Crippen LogP) is 3.35. The van der Waals surface area contributed by atoms with Gasteiger partial charge in [-0.3, -0.25) is 0 Å². The molecule has 3 heteroatoms. The lowest BCUT2D eigenvalue weighted by molar-refractivity contribution is 0.461. The molecule has 1 rings (SSSR count). The highest BCUT2D eigenvalue weighted by Gasteiger charge is 2.14. The Morgan fingerprint density at radius 1 is 1.29 bits per heavy atom. The summed E-state index contributed by atoms with van der Waals surface area (Å²) < 4.78 is 2.20. The zero-order chi connectivity index (χ0) is 12.7. The minimum Gasteiger partial charge on any atom is -0.334 e. The second kappa shape index (κ2) is 7.49. The fraction of sp³-hybridized carbons (Fsp3) is 0.786. The van der Waals surface area contributed by atoms with E-state index >= 15 is 0 Å². The molecular weight excluding hydrogens is 210 g/mol. The van der Waals surface area contributed by atoms with E-state index in [0.717, 1.165) is 12.4 Å². The van der Waals surface area contributed by atoms with Crippen molar-refractivity contribution < 1.29 is 0 Å². The van der Waals surface area contributed by atoms with Crippen molar-refractivity contribution >= 4 is 0 Å². The molecule has 0 saturated carbocycles. The van der Waals surface area contributed by atoms with Crippen molar-refractivity contribution in [2.45, 2.75) is 58.9 Å². The van der Waals surface area contributed by atoms with Crippen LogP contribution in [-0.4, -0.2) is 16.1 Å². The molecule has 0 radical (unpaired) electrons. The quantitative estimate of drug-likeness (QED) is 0.703. The van der Waals surface area contributed by atoms with Crippen LogP contribution in [0.3, 0.4) is 0 Å². The molecule has 0 spiro atoms. The molecule has 0 fully saturated rings. The average Bonchev–Trinajstić information content (AvgIpc) is 2.64. The second-order valence-corrected chi connectivity index (χ2v) is 4.75. The number of hydrogen-bond acceptors (Lipinski definition) is 2. The molecule has 1 aromatic rings. The van der Waals surface area contributed by atoms with Crippen LogP contribution in [0, 0.1) is 6.92 Å². The van der Waals surface area contributed by atoms with Crippen molar-refractivity contribution in [1.82, 2.24) is 14.9 Å². The molecule has 1 aromatic heterocycles. The summed E-state index contributed by atoms with van der Waals surface area (Å²) in [7, 11) is 2.11. The summed E-state index contributed by atoms with van der Waals surface area (Å²) in [5.74, 6) is 1.09. The minimum atomic E-state index is 0.461. The lowest BCUT2D eigenvalue weighted by Crippen LogP contribution is -2.23. The van der Waals surface area contributed by atoms with Crippen molar-refractivity contribution in [3.05, 3.63) is 17.7 Å². The van der Waals surface area contributed by atoms with Gasteiger partial charge in [0.1, 0.15) is 5.82 Å². The number of hydrogen-bond donors (Lipinski definition) is 1. The van der Waals surface area contributed by atoms with E-state index in [4.69, 9.17) is 0 Å². The Hall–Kier alpha value is -0.830. The molecule has 0 aliphatic rings. The fourth-order valence-corrected chi connectivity index (χ4v) is 2.22. The number of unbranched alkanes of at least 4 members (excludes halogenated alkanes) is 3. The monoisotopic (exact) mass is 237 g/mol. The van der Waals surface area contributed by atoms with Gasteiger partial charge in [-0.1, -0.05) is 39.5 Å². The molecular formula is C14H27N3. The first-order valence-corrected chi connectivity index (χ1v) is 6.92. The van der Waals surface area contributed by atoms with Crippen LogP contribution in [0.1, 0.15) is 63.5 Å². The van der Waals surface area contributed by atoms with E-state index in [1.807, 2.05) is 6.20 Å². The molecule has 0 saturated heterocycles. The van der Waals surface area contributed by atoms with Crippen molar-refractivity contribution in [3.63, 3.8) is 0 Å². The Morgan fingerprint density at radius 3 is 2.59 bits per heavy atom. The van der Waals surface area contributed by atoms with Gasteiger partial charge in [0.05, 0.1) is 11.9 Å². The molecule has 3 nitrogen and oxygen atoms in total. The standard InChI is InChI=1S/C14H27N3/c1-5-7-8-9-10-13(15-6-2)14-11-16-12(3)17(14)4/h11,13,15H,5-10H2,1-4H3. The Kier molecular flexibility index (Phi) is 6.27. The second-order valence-electron chi connectivity index (χ2n) is 4.75. The molecule has 1 unspecified atom stereocenters.